The van der Waals surface area contributed by atoms with Gasteiger partial charge >= 0.3 is 0 Å². The smallest absolute Gasteiger partial charge is 0.259 e. The van der Waals surface area contributed by atoms with E-state index in [-0.39, 0.29) is 11.7 Å². The summed E-state index contributed by atoms with van der Waals surface area (Å²) in [6.45, 7) is 0. The van der Waals surface area contributed by atoms with Crippen molar-refractivity contribution in [1.82, 2.24) is 5.32 Å². The first-order valence-corrected chi connectivity index (χ1v) is 7.26. The molecule has 2 amide bonds. The van der Waals surface area contributed by atoms with Gasteiger partial charge in [-0.2, -0.15) is 0 Å². The second-order valence-electron chi connectivity index (χ2n) is 5.56. The number of anilines is 1. The number of benzene rings is 2. The fraction of sp³-hybridized carbons (Fsp3) is 0.176. The lowest BCUT2D eigenvalue weighted by Crippen LogP contribution is -2.33. The van der Waals surface area contributed by atoms with Gasteiger partial charge in [-0.15, -0.1) is 0 Å². The van der Waals surface area contributed by atoms with Crippen molar-refractivity contribution in [3.63, 3.8) is 0 Å². The first kappa shape index (κ1) is 13.9. The van der Waals surface area contributed by atoms with Gasteiger partial charge in [0.25, 0.3) is 5.91 Å². The Kier molecular flexibility index (Phi) is 3.12. The van der Waals surface area contributed by atoms with Crippen LogP contribution >= 0.6 is 0 Å². The molecule has 5 nitrogen and oxygen atoms in total. The molecule has 2 heterocycles. The summed E-state index contributed by atoms with van der Waals surface area (Å²) in [5.74, 6) is -1.83. The van der Waals surface area contributed by atoms with Gasteiger partial charge in [-0.1, -0.05) is 30.3 Å². The molecular weight excluding hydrogens is 299 g/mol. The maximum atomic E-state index is 13.2. The fourth-order valence-electron chi connectivity index (χ4n) is 3.13. The molecule has 0 aromatic heterocycles. The molecule has 2 fully saturated rings. The van der Waals surface area contributed by atoms with Gasteiger partial charge in [-0.25, -0.2) is 9.45 Å². The molecule has 1 N–H and O–H groups in total. The average molecular weight is 312 g/mol. The summed E-state index contributed by atoms with van der Waals surface area (Å²) in [6, 6.07) is 14.6. The van der Waals surface area contributed by atoms with Crippen LogP contribution in [-0.2, 0) is 14.4 Å². The predicted octanol–water partition coefficient (Wildman–Crippen LogP) is 1.96. The Morgan fingerprint density at radius 3 is 2.35 bits per heavy atom. The molecule has 0 spiro atoms. The topological polar surface area (TPSA) is 58.6 Å². The van der Waals surface area contributed by atoms with E-state index in [2.05, 4.69) is 5.32 Å². The normalized spacial score (nSPS) is 26.3. The van der Waals surface area contributed by atoms with E-state index in [1.165, 1.54) is 12.1 Å². The average Bonchev–Trinajstić information content (AvgIpc) is 3.08. The summed E-state index contributed by atoms with van der Waals surface area (Å²) >= 11 is 0. The van der Waals surface area contributed by atoms with E-state index in [1.54, 1.807) is 17.2 Å². The number of nitrogens with one attached hydrogen (secondary N) is 1. The Morgan fingerprint density at radius 1 is 0.957 bits per heavy atom. The molecular formula is C17H13FN2O3. The number of carbonyl (C=O) groups is 2. The van der Waals surface area contributed by atoms with Crippen LogP contribution in [0.25, 0.3) is 0 Å². The van der Waals surface area contributed by atoms with E-state index in [9.17, 15) is 14.0 Å². The summed E-state index contributed by atoms with van der Waals surface area (Å²) in [5.41, 5.74) is 1.45. The summed E-state index contributed by atoms with van der Waals surface area (Å²) in [5, 5.41) is 3.87. The van der Waals surface area contributed by atoms with Gasteiger partial charge in [-0.05, 0) is 29.8 Å². The summed E-state index contributed by atoms with van der Waals surface area (Å²) in [6.07, 6.45) is -0.863. The number of nitrogens with zero attached hydrogens (tertiary/aromatic N) is 1. The highest BCUT2D eigenvalue weighted by molar-refractivity contribution is 6.07. The van der Waals surface area contributed by atoms with Gasteiger partial charge in [-0.3, -0.25) is 19.7 Å². The lowest BCUT2D eigenvalue weighted by molar-refractivity contribution is -0.129. The molecule has 6 heteroatoms. The third kappa shape index (κ3) is 2.19. The second kappa shape index (κ2) is 5.17. The van der Waals surface area contributed by atoms with Crippen molar-refractivity contribution in [2.75, 3.05) is 5.06 Å². The van der Waals surface area contributed by atoms with Crippen LogP contribution in [0.15, 0.2) is 54.6 Å². The summed E-state index contributed by atoms with van der Waals surface area (Å²) in [7, 11) is 0. The van der Waals surface area contributed by atoms with Crippen LogP contribution in [-0.4, -0.2) is 17.9 Å². The molecule has 2 aromatic rings. The van der Waals surface area contributed by atoms with Crippen LogP contribution in [0, 0.1) is 11.7 Å². The van der Waals surface area contributed by atoms with Crippen molar-refractivity contribution in [3.8, 4) is 0 Å². The van der Waals surface area contributed by atoms with Crippen LogP contribution in [0.1, 0.15) is 11.6 Å². The third-order valence-corrected chi connectivity index (χ3v) is 4.18. The molecule has 2 aliphatic heterocycles. The van der Waals surface area contributed by atoms with Crippen LogP contribution in [0.5, 0.6) is 0 Å². The van der Waals surface area contributed by atoms with E-state index in [1.807, 2.05) is 30.3 Å². The number of amides is 2. The highest BCUT2D eigenvalue weighted by Crippen LogP contribution is 2.44. The van der Waals surface area contributed by atoms with Gasteiger partial charge in [0.05, 0.1) is 11.7 Å². The highest BCUT2D eigenvalue weighted by atomic mass is 19.1. The van der Waals surface area contributed by atoms with Gasteiger partial charge in [0.1, 0.15) is 11.7 Å². The number of carbonyl (C=O) groups excluding carboxylic acids is 2. The van der Waals surface area contributed by atoms with E-state index in [0.717, 1.165) is 5.69 Å². The number of fused-ring (bicyclic) bond motifs is 1. The standard InChI is InChI=1S/C17H13FN2O3/c18-11-8-6-10(7-9-11)14-13-15(17(22)19-16(13)21)23-20(14)12-4-2-1-3-5-12/h1-9,13-15H,(H,19,21,22)/t13-,14-,15-/m0/s1. The number of hydrogen-bond acceptors (Lipinski definition) is 4. The number of para-hydroxylation sites is 1. The molecule has 3 atom stereocenters. The first-order chi connectivity index (χ1) is 11.1. The molecule has 23 heavy (non-hydrogen) atoms. The Balaban J connectivity index is 1.80. The second-order valence-corrected chi connectivity index (χ2v) is 5.56. The molecule has 0 bridgehead atoms. The minimum atomic E-state index is -0.863. The largest absolute Gasteiger partial charge is 0.294 e. The van der Waals surface area contributed by atoms with E-state index >= 15 is 0 Å². The summed E-state index contributed by atoms with van der Waals surface area (Å²) < 4.78 is 13.2. The van der Waals surface area contributed by atoms with E-state index in [4.69, 9.17) is 4.84 Å². The monoisotopic (exact) mass is 312 g/mol. The lowest BCUT2D eigenvalue weighted by Gasteiger charge is -2.27. The van der Waals surface area contributed by atoms with Crippen molar-refractivity contribution in [3.05, 3.63) is 66.0 Å². The Labute approximate surface area is 131 Å². The van der Waals surface area contributed by atoms with Gasteiger partial charge < -0.3 is 0 Å². The number of halogens is 1. The van der Waals surface area contributed by atoms with Crippen LogP contribution in [0.4, 0.5) is 10.1 Å². The molecule has 2 aromatic carbocycles. The Bertz CT molecular complexity index is 763. The molecule has 0 aliphatic carbocycles. The van der Waals surface area contributed by atoms with Crippen LogP contribution in [0.2, 0.25) is 0 Å². The number of imide groups is 1. The van der Waals surface area contributed by atoms with Crippen molar-refractivity contribution in [1.29, 1.82) is 0 Å². The number of rotatable bonds is 2. The highest BCUT2D eigenvalue weighted by Gasteiger charge is 2.56. The molecule has 0 unspecified atom stereocenters. The van der Waals surface area contributed by atoms with Crippen molar-refractivity contribution in [2.45, 2.75) is 12.1 Å². The summed E-state index contributed by atoms with van der Waals surface area (Å²) in [4.78, 5) is 29.9. The Morgan fingerprint density at radius 2 is 1.65 bits per heavy atom. The zero-order valence-corrected chi connectivity index (χ0v) is 12.0. The quantitative estimate of drug-likeness (QED) is 0.861. The molecule has 0 radical (unpaired) electrons. The molecule has 4 rings (SSSR count). The minimum absolute atomic E-state index is 0.359. The maximum absolute atomic E-state index is 13.2. The van der Waals surface area contributed by atoms with E-state index in [0.29, 0.717) is 5.56 Å². The minimum Gasteiger partial charge on any atom is -0.294 e. The molecule has 2 saturated heterocycles. The fourth-order valence-corrected chi connectivity index (χ4v) is 3.13. The lowest BCUT2D eigenvalue weighted by atomic mass is 9.90. The molecule has 0 saturated carbocycles. The first-order valence-electron chi connectivity index (χ1n) is 7.26. The van der Waals surface area contributed by atoms with Gasteiger partial charge in [0.15, 0.2) is 6.10 Å². The van der Waals surface area contributed by atoms with Gasteiger partial charge in [0, 0.05) is 0 Å². The third-order valence-electron chi connectivity index (χ3n) is 4.18. The zero-order chi connectivity index (χ0) is 16.0. The van der Waals surface area contributed by atoms with Crippen molar-refractivity contribution in [2.24, 2.45) is 5.92 Å². The van der Waals surface area contributed by atoms with Crippen molar-refractivity contribution < 1.29 is 18.8 Å². The predicted molar refractivity (Wildman–Crippen MR) is 79.6 cm³/mol. The molecule has 116 valence electrons. The van der Waals surface area contributed by atoms with Crippen molar-refractivity contribution >= 4 is 17.5 Å². The van der Waals surface area contributed by atoms with Crippen LogP contribution < -0.4 is 10.4 Å². The number of hydrogen-bond donors (Lipinski definition) is 1. The van der Waals surface area contributed by atoms with Crippen LogP contribution in [0.3, 0.4) is 0 Å². The van der Waals surface area contributed by atoms with Gasteiger partial charge in [0.2, 0.25) is 5.91 Å². The Hall–Kier alpha value is -2.73. The van der Waals surface area contributed by atoms with E-state index < -0.39 is 24.0 Å². The number of hydroxylamine groups is 1. The zero-order valence-electron chi connectivity index (χ0n) is 12.0. The maximum Gasteiger partial charge on any atom is 0.259 e. The molecule has 2 aliphatic rings. The SMILES string of the molecule is O=C1NC(=O)[C@H]2ON(c3ccccc3)[C@@H](c3ccc(F)cc3)[C@H]12.